The lowest BCUT2D eigenvalue weighted by Gasteiger charge is -2.43. The summed E-state index contributed by atoms with van der Waals surface area (Å²) in [6.45, 7) is 7.21. The van der Waals surface area contributed by atoms with Crippen molar-refractivity contribution >= 4 is 5.82 Å². The first-order chi connectivity index (χ1) is 10.3. The van der Waals surface area contributed by atoms with Crippen LogP contribution in [0.4, 0.5) is 5.82 Å². The number of hydrogen-bond acceptors (Lipinski definition) is 4. The van der Waals surface area contributed by atoms with Crippen molar-refractivity contribution in [3.05, 3.63) is 17.6 Å². The number of aromatic nitrogens is 2. The molecule has 2 heterocycles. The molecule has 0 bridgehead atoms. The van der Waals surface area contributed by atoms with Crippen molar-refractivity contribution in [3.8, 4) is 0 Å². The standard InChI is InChI=1S/C17H28N4/c1-3-18-16-11-13(2)19-17(20-16)12-21-10-6-8-14-7-4-5-9-15(14)21/h11,14-15H,3-10,12H2,1-2H3,(H,18,19,20). The molecule has 4 nitrogen and oxygen atoms in total. The summed E-state index contributed by atoms with van der Waals surface area (Å²) in [7, 11) is 0. The lowest BCUT2D eigenvalue weighted by atomic mass is 9.78. The number of aryl methyl sites for hydroxylation is 1. The van der Waals surface area contributed by atoms with E-state index in [4.69, 9.17) is 4.98 Å². The van der Waals surface area contributed by atoms with Crippen LogP contribution in [0.15, 0.2) is 6.07 Å². The fraction of sp³-hybridized carbons (Fsp3) is 0.765. The van der Waals surface area contributed by atoms with Gasteiger partial charge in [-0.3, -0.25) is 4.90 Å². The van der Waals surface area contributed by atoms with Crippen LogP contribution < -0.4 is 5.32 Å². The Balaban J connectivity index is 1.72. The molecular weight excluding hydrogens is 260 g/mol. The second-order valence-electron chi connectivity index (χ2n) is 6.57. The molecule has 0 radical (unpaired) electrons. The van der Waals surface area contributed by atoms with Crippen LogP contribution in [0.25, 0.3) is 0 Å². The molecule has 1 aliphatic heterocycles. The first kappa shape index (κ1) is 14.8. The number of nitrogens with zero attached hydrogens (tertiary/aromatic N) is 3. The number of fused-ring (bicyclic) bond motifs is 1. The molecule has 2 fully saturated rings. The third-order valence-corrected chi connectivity index (χ3v) is 4.96. The zero-order valence-corrected chi connectivity index (χ0v) is 13.4. The largest absolute Gasteiger partial charge is 0.370 e. The molecule has 2 atom stereocenters. The van der Waals surface area contributed by atoms with Gasteiger partial charge in [0.2, 0.25) is 0 Å². The van der Waals surface area contributed by atoms with E-state index in [-0.39, 0.29) is 0 Å². The van der Waals surface area contributed by atoms with E-state index in [2.05, 4.69) is 29.0 Å². The highest BCUT2D eigenvalue weighted by atomic mass is 15.2. The van der Waals surface area contributed by atoms with Crippen molar-refractivity contribution in [2.75, 3.05) is 18.4 Å². The third kappa shape index (κ3) is 3.54. The van der Waals surface area contributed by atoms with E-state index < -0.39 is 0 Å². The molecule has 0 aromatic carbocycles. The Morgan fingerprint density at radius 2 is 2.00 bits per heavy atom. The fourth-order valence-corrected chi connectivity index (χ4v) is 4.08. The van der Waals surface area contributed by atoms with Crippen LogP contribution in [0.5, 0.6) is 0 Å². The lowest BCUT2D eigenvalue weighted by Crippen LogP contribution is -2.46. The van der Waals surface area contributed by atoms with Crippen LogP contribution in [0.2, 0.25) is 0 Å². The quantitative estimate of drug-likeness (QED) is 0.922. The van der Waals surface area contributed by atoms with Crippen LogP contribution in [0, 0.1) is 12.8 Å². The van der Waals surface area contributed by atoms with Gasteiger partial charge in [-0.2, -0.15) is 0 Å². The molecule has 0 spiro atoms. The Morgan fingerprint density at radius 1 is 1.19 bits per heavy atom. The van der Waals surface area contributed by atoms with E-state index in [0.717, 1.165) is 42.4 Å². The Hall–Kier alpha value is -1.16. The van der Waals surface area contributed by atoms with E-state index in [9.17, 15) is 0 Å². The van der Waals surface area contributed by atoms with Gasteiger partial charge in [0.05, 0.1) is 6.54 Å². The van der Waals surface area contributed by atoms with Crippen LogP contribution in [-0.4, -0.2) is 34.0 Å². The summed E-state index contributed by atoms with van der Waals surface area (Å²) < 4.78 is 0. The van der Waals surface area contributed by atoms with Gasteiger partial charge in [0.1, 0.15) is 11.6 Å². The Bertz CT molecular complexity index is 472. The predicted molar refractivity (Wildman–Crippen MR) is 86.3 cm³/mol. The van der Waals surface area contributed by atoms with Crippen LogP contribution in [0.1, 0.15) is 57.0 Å². The molecule has 1 saturated heterocycles. The Labute approximate surface area is 128 Å². The van der Waals surface area contributed by atoms with E-state index in [1.807, 2.05) is 6.07 Å². The van der Waals surface area contributed by atoms with Crippen molar-refractivity contribution in [3.63, 3.8) is 0 Å². The van der Waals surface area contributed by atoms with Gasteiger partial charge in [-0.05, 0) is 52.0 Å². The molecule has 1 aromatic rings. The smallest absolute Gasteiger partial charge is 0.144 e. The maximum atomic E-state index is 4.69. The molecule has 1 aliphatic carbocycles. The molecule has 1 saturated carbocycles. The summed E-state index contributed by atoms with van der Waals surface area (Å²) in [5.41, 5.74) is 1.06. The second-order valence-corrected chi connectivity index (χ2v) is 6.57. The minimum absolute atomic E-state index is 0.777. The second kappa shape index (κ2) is 6.73. The maximum absolute atomic E-state index is 4.69. The molecule has 2 unspecified atom stereocenters. The van der Waals surface area contributed by atoms with Gasteiger partial charge < -0.3 is 5.32 Å². The third-order valence-electron chi connectivity index (χ3n) is 4.96. The number of piperidine rings is 1. The highest BCUT2D eigenvalue weighted by molar-refractivity contribution is 5.35. The summed E-state index contributed by atoms with van der Waals surface area (Å²) in [5, 5.41) is 3.31. The topological polar surface area (TPSA) is 41.1 Å². The number of nitrogens with one attached hydrogen (secondary N) is 1. The van der Waals surface area contributed by atoms with E-state index in [1.54, 1.807) is 0 Å². The minimum atomic E-state index is 0.777. The van der Waals surface area contributed by atoms with Crippen LogP contribution in [-0.2, 0) is 6.54 Å². The van der Waals surface area contributed by atoms with Crippen molar-refractivity contribution < 1.29 is 0 Å². The molecule has 116 valence electrons. The average molecular weight is 288 g/mol. The summed E-state index contributed by atoms with van der Waals surface area (Å²) in [6.07, 6.45) is 8.40. The molecule has 0 amide bonds. The summed E-state index contributed by atoms with van der Waals surface area (Å²) in [6, 6.07) is 2.81. The number of rotatable bonds is 4. The van der Waals surface area contributed by atoms with Gasteiger partial charge in [0.15, 0.2) is 0 Å². The van der Waals surface area contributed by atoms with Gasteiger partial charge >= 0.3 is 0 Å². The normalized spacial score (nSPS) is 26.4. The van der Waals surface area contributed by atoms with Crippen LogP contribution in [0.3, 0.4) is 0 Å². The van der Waals surface area contributed by atoms with Crippen LogP contribution >= 0.6 is 0 Å². The first-order valence-corrected chi connectivity index (χ1v) is 8.58. The maximum Gasteiger partial charge on any atom is 0.144 e. The van der Waals surface area contributed by atoms with E-state index in [1.165, 1.54) is 45.1 Å². The number of hydrogen-bond donors (Lipinski definition) is 1. The molecule has 4 heteroatoms. The van der Waals surface area contributed by atoms with Crippen molar-refractivity contribution in [2.24, 2.45) is 5.92 Å². The summed E-state index contributed by atoms with van der Waals surface area (Å²) >= 11 is 0. The number of likely N-dealkylation sites (tertiary alicyclic amines) is 1. The minimum Gasteiger partial charge on any atom is -0.370 e. The SMILES string of the molecule is CCNc1cc(C)nc(CN2CCCC3CCCCC32)n1. The monoisotopic (exact) mass is 288 g/mol. The Morgan fingerprint density at radius 3 is 2.86 bits per heavy atom. The average Bonchev–Trinajstić information content (AvgIpc) is 2.47. The van der Waals surface area contributed by atoms with Gasteiger partial charge in [0, 0.05) is 24.3 Å². The molecule has 21 heavy (non-hydrogen) atoms. The van der Waals surface area contributed by atoms with Gasteiger partial charge in [0.25, 0.3) is 0 Å². The van der Waals surface area contributed by atoms with Crippen molar-refractivity contribution in [2.45, 2.75) is 65.0 Å². The highest BCUT2D eigenvalue weighted by Crippen LogP contribution is 2.35. The van der Waals surface area contributed by atoms with E-state index in [0.29, 0.717) is 0 Å². The molecule has 1 aromatic heterocycles. The molecule has 1 N–H and O–H groups in total. The lowest BCUT2D eigenvalue weighted by molar-refractivity contribution is 0.0526. The van der Waals surface area contributed by atoms with Gasteiger partial charge in [-0.15, -0.1) is 0 Å². The van der Waals surface area contributed by atoms with E-state index >= 15 is 0 Å². The fourth-order valence-electron chi connectivity index (χ4n) is 4.08. The highest BCUT2D eigenvalue weighted by Gasteiger charge is 2.33. The summed E-state index contributed by atoms with van der Waals surface area (Å²) in [5.74, 6) is 2.87. The van der Waals surface area contributed by atoms with Crippen molar-refractivity contribution in [1.82, 2.24) is 14.9 Å². The molecule has 2 aliphatic rings. The zero-order valence-electron chi connectivity index (χ0n) is 13.4. The van der Waals surface area contributed by atoms with Gasteiger partial charge in [-0.25, -0.2) is 9.97 Å². The van der Waals surface area contributed by atoms with Gasteiger partial charge in [-0.1, -0.05) is 12.8 Å². The first-order valence-electron chi connectivity index (χ1n) is 8.58. The molecular formula is C17H28N4. The predicted octanol–water partition coefficient (Wildman–Crippen LogP) is 3.37. The molecule has 3 rings (SSSR count). The Kier molecular flexibility index (Phi) is 4.73. The summed E-state index contributed by atoms with van der Waals surface area (Å²) in [4.78, 5) is 12.0. The number of anilines is 1. The van der Waals surface area contributed by atoms with Crippen molar-refractivity contribution in [1.29, 1.82) is 0 Å². The zero-order chi connectivity index (χ0) is 14.7.